The van der Waals surface area contributed by atoms with Crippen LogP contribution in [0.2, 0.25) is 0 Å². The van der Waals surface area contributed by atoms with Crippen molar-refractivity contribution >= 4 is 23.5 Å². The Hall–Kier alpha value is -1.55. The monoisotopic (exact) mass is 267 g/mol. The number of carbonyl (C=O) groups excluding carboxylic acids is 2. The molecule has 0 saturated heterocycles. The molecule has 0 bridgehead atoms. The summed E-state index contributed by atoms with van der Waals surface area (Å²) in [7, 11) is 1.31. The van der Waals surface area contributed by atoms with E-state index in [9.17, 15) is 9.59 Å². The molecular formula is C13H14ClNO3. The molecular weight excluding hydrogens is 254 g/mol. The molecule has 0 radical (unpaired) electrons. The van der Waals surface area contributed by atoms with Crippen molar-refractivity contribution in [1.29, 1.82) is 0 Å². The van der Waals surface area contributed by atoms with Crippen molar-refractivity contribution in [3.05, 3.63) is 35.9 Å². The molecule has 1 aromatic carbocycles. The zero-order valence-electron chi connectivity index (χ0n) is 9.98. The Kier molecular flexibility index (Phi) is 3.57. The second-order valence-electron chi connectivity index (χ2n) is 4.34. The lowest BCUT2D eigenvalue weighted by Gasteiger charge is -2.16. The number of nitrogens with one attached hydrogen (secondary N) is 1. The van der Waals surface area contributed by atoms with E-state index < -0.39 is 11.5 Å². The molecule has 0 aromatic heterocycles. The molecule has 1 aromatic rings. The van der Waals surface area contributed by atoms with Crippen molar-refractivity contribution in [3.63, 3.8) is 0 Å². The maximum Gasteiger partial charge on any atom is 0.331 e. The van der Waals surface area contributed by atoms with E-state index in [0.29, 0.717) is 17.9 Å². The molecule has 0 spiro atoms. The van der Waals surface area contributed by atoms with Crippen LogP contribution in [0.25, 0.3) is 0 Å². The van der Waals surface area contributed by atoms with Gasteiger partial charge in [-0.2, -0.15) is 0 Å². The lowest BCUT2D eigenvalue weighted by atomic mass is 10.1. The Morgan fingerprint density at radius 3 is 2.61 bits per heavy atom. The van der Waals surface area contributed by atoms with Gasteiger partial charge in [-0.3, -0.25) is 4.79 Å². The molecule has 1 aliphatic rings. The van der Waals surface area contributed by atoms with Gasteiger partial charge in [-0.1, -0.05) is 18.2 Å². The van der Waals surface area contributed by atoms with Crippen LogP contribution < -0.4 is 5.32 Å². The topological polar surface area (TPSA) is 55.4 Å². The summed E-state index contributed by atoms with van der Waals surface area (Å²) in [5, 5.41) is 2.74. The highest BCUT2D eigenvalue weighted by Crippen LogP contribution is 2.45. The first-order valence-electron chi connectivity index (χ1n) is 5.66. The molecule has 1 N–H and O–H groups in total. The summed E-state index contributed by atoms with van der Waals surface area (Å²) >= 11 is 5.75. The van der Waals surface area contributed by atoms with Crippen LogP contribution in [0.5, 0.6) is 0 Å². The molecule has 2 rings (SSSR count). The fourth-order valence-corrected chi connectivity index (χ4v) is 2.39. The van der Waals surface area contributed by atoms with Crippen molar-refractivity contribution in [3.8, 4) is 0 Å². The first kappa shape index (κ1) is 12.9. The number of rotatable bonds is 4. The van der Waals surface area contributed by atoms with Gasteiger partial charge < -0.3 is 10.1 Å². The maximum atomic E-state index is 12.0. The highest BCUT2D eigenvalue weighted by molar-refractivity contribution is 6.18. The summed E-state index contributed by atoms with van der Waals surface area (Å²) in [5.74, 6) is -0.449. The summed E-state index contributed by atoms with van der Waals surface area (Å²) in [6.45, 7) is 0. The van der Waals surface area contributed by atoms with E-state index in [2.05, 4.69) is 5.32 Å². The molecule has 18 heavy (non-hydrogen) atoms. The van der Waals surface area contributed by atoms with Gasteiger partial charge in [0.25, 0.3) is 5.91 Å². The molecule has 2 unspecified atom stereocenters. The van der Waals surface area contributed by atoms with Crippen molar-refractivity contribution in [2.75, 3.05) is 13.0 Å². The molecule has 96 valence electrons. The number of benzene rings is 1. The standard InChI is InChI=1S/C13H14ClNO3/c1-18-12(17)13(7-10(13)8-14)15-11(16)9-5-3-2-4-6-9/h2-6,10H,7-8H2,1H3,(H,15,16). The van der Waals surface area contributed by atoms with E-state index in [1.54, 1.807) is 24.3 Å². The molecule has 1 aliphatic carbocycles. The van der Waals surface area contributed by atoms with Gasteiger partial charge in [0.05, 0.1) is 7.11 Å². The van der Waals surface area contributed by atoms with Crippen LogP contribution in [-0.2, 0) is 9.53 Å². The van der Waals surface area contributed by atoms with Crippen LogP contribution in [0.1, 0.15) is 16.8 Å². The van der Waals surface area contributed by atoms with E-state index in [-0.39, 0.29) is 11.8 Å². The number of hydrogen-bond donors (Lipinski definition) is 1. The van der Waals surface area contributed by atoms with Gasteiger partial charge in [-0.05, 0) is 18.6 Å². The largest absolute Gasteiger partial charge is 0.467 e. The van der Waals surface area contributed by atoms with Crippen LogP contribution >= 0.6 is 11.6 Å². The van der Waals surface area contributed by atoms with Crippen molar-refractivity contribution < 1.29 is 14.3 Å². The molecule has 1 amide bonds. The van der Waals surface area contributed by atoms with Crippen LogP contribution in [0.15, 0.2) is 30.3 Å². The predicted molar refractivity (Wildman–Crippen MR) is 67.5 cm³/mol. The summed E-state index contributed by atoms with van der Waals surface area (Å²) < 4.78 is 4.73. The lowest BCUT2D eigenvalue weighted by molar-refractivity contribution is -0.144. The SMILES string of the molecule is COC(=O)C1(NC(=O)c2ccccc2)CC1CCl. The quantitative estimate of drug-likeness (QED) is 0.666. The van der Waals surface area contributed by atoms with Crippen molar-refractivity contribution in [1.82, 2.24) is 5.32 Å². The zero-order chi connectivity index (χ0) is 13.2. The summed E-state index contributed by atoms with van der Waals surface area (Å²) in [6.07, 6.45) is 0.530. The van der Waals surface area contributed by atoms with E-state index in [0.717, 1.165) is 0 Å². The maximum absolute atomic E-state index is 12.0. The second-order valence-corrected chi connectivity index (χ2v) is 4.65. The minimum absolute atomic E-state index is 0.0562. The number of hydrogen-bond acceptors (Lipinski definition) is 3. The fraction of sp³-hybridized carbons (Fsp3) is 0.385. The average molecular weight is 268 g/mol. The number of ether oxygens (including phenoxy) is 1. The molecule has 0 aliphatic heterocycles. The van der Waals surface area contributed by atoms with Gasteiger partial charge in [0.15, 0.2) is 0 Å². The molecule has 0 heterocycles. The van der Waals surface area contributed by atoms with Crippen LogP contribution in [0.3, 0.4) is 0 Å². The van der Waals surface area contributed by atoms with Gasteiger partial charge in [0, 0.05) is 17.4 Å². The molecule has 1 saturated carbocycles. The number of esters is 1. The van der Waals surface area contributed by atoms with Crippen molar-refractivity contribution in [2.45, 2.75) is 12.0 Å². The van der Waals surface area contributed by atoms with Gasteiger partial charge >= 0.3 is 5.97 Å². The Morgan fingerprint density at radius 1 is 1.44 bits per heavy atom. The van der Waals surface area contributed by atoms with Gasteiger partial charge in [-0.15, -0.1) is 11.6 Å². The summed E-state index contributed by atoms with van der Waals surface area (Å²) in [4.78, 5) is 23.8. The van der Waals surface area contributed by atoms with Crippen molar-refractivity contribution in [2.24, 2.45) is 5.92 Å². The molecule has 1 fully saturated rings. The second kappa shape index (κ2) is 4.98. The zero-order valence-corrected chi connectivity index (χ0v) is 10.7. The minimum Gasteiger partial charge on any atom is -0.467 e. The van der Waals surface area contributed by atoms with Crippen LogP contribution in [-0.4, -0.2) is 30.4 Å². The predicted octanol–water partition coefficient (Wildman–Crippen LogP) is 1.59. The van der Waals surface area contributed by atoms with Gasteiger partial charge in [0.1, 0.15) is 5.54 Å². The average Bonchev–Trinajstić information content (AvgIpc) is 3.13. The Morgan fingerprint density at radius 2 is 2.11 bits per heavy atom. The third kappa shape index (κ3) is 2.20. The van der Waals surface area contributed by atoms with E-state index >= 15 is 0 Å². The fourth-order valence-electron chi connectivity index (χ4n) is 2.02. The molecule has 4 nitrogen and oxygen atoms in total. The van der Waals surface area contributed by atoms with Gasteiger partial charge in [0.2, 0.25) is 0 Å². The van der Waals surface area contributed by atoms with Gasteiger partial charge in [-0.25, -0.2) is 4.79 Å². The third-order valence-electron chi connectivity index (χ3n) is 3.21. The lowest BCUT2D eigenvalue weighted by Crippen LogP contribution is -2.45. The number of carbonyl (C=O) groups is 2. The number of alkyl halides is 1. The number of methoxy groups -OCH3 is 1. The first-order chi connectivity index (χ1) is 8.64. The normalized spacial score (nSPS) is 25.3. The Labute approximate surface area is 110 Å². The first-order valence-corrected chi connectivity index (χ1v) is 6.19. The smallest absolute Gasteiger partial charge is 0.331 e. The van der Waals surface area contributed by atoms with E-state index in [4.69, 9.17) is 16.3 Å². The summed E-state index contributed by atoms with van der Waals surface area (Å²) in [6, 6.07) is 8.75. The van der Waals surface area contributed by atoms with E-state index in [1.165, 1.54) is 7.11 Å². The van der Waals surface area contributed by atoms with E-state index in [1.807, 2.05) is 6.07 Å². The third-order valence-corrected chi connectivity index (χ3v) is 3.59. The van der Waals surface area contributed by atoms with Crippen LogP contribution in [0.4, 0.5) is 0 Å². The highest BCUT2D eigenvalue weighted by Gasteiger charge is 2.61. The minimum atomic E-state index is -0.941. The van der Waals surface area contributed by atoms with Crippen LogP contribution in [0, 0.1) is 5.92 Å². The number of halogens is 1. The Balaban J connectivity index is 2.12. The summed E-state index contributed by atoms with van der Waals surface area (Å²) in [5.41, 5.74) is -0.426. The number of amides is 1. The Bertz CT molecular complexity index is 463. The molecule has 2 atom stereocenters. The highest BCUT2D eigenvalue weighted by atomic mass is 35.5. The molecule has 5 heteroatoms.